The van der Waals surface area contributed by atoms with Gasteiger partial charge in [0.15, 0.2) is 0 Å². The smallest absolute Gasteiger partial charge is 0.333 e. The molecular formula is C14H12FN5O3. The summed E-state index contributed by atoms with van der Waals surface area (Å²) in [6, 6.07) is 5.29. The van der Waals surface area contributed by atoms with Crippen LogP contribution in [0.25, 0.3) is 5.65 Å². The maximum atomic E-state index is 13.3. The van der Waals surface area contributed by atoms with Crippen molar-refractivity contribution in [2.45, 2.75) is 6.54 Å². The Hall–Kier alpha value is -3.23. The largest absolute Gasteiger partial charge is 0.508 e. The molecule has 1 aromatic carbocycles. The van der Waals surface area contributed by atoms with Gasteiger partial charge in [0.2, 0.25) is 5.65 Å². The van der Waals surface area contributed by atoms with Crippen LogP contribution in [-0.2, 0) is 6.54 Å². The van der Waals surface area contributed by atoms with Gasteiger partial charge in [0.05, 0.1) is 4.92 Å². The van der Waals surface area contributed by atoms with Crippen LogP contribution in [0.3, 0.4) is 0 Å². The van der Waals surface area contributed by atoms with Crippen LogP contribution in [-0.4, -0.2) is 31.7 Å². The number of fused-ring (bicyclic) bond motifs is 1. The molecule has 0 amide bonds. The highest BCUT2D eigenvalue weighted by molar-refractivity contribution is 5.61. The number of halogens is 1. The Bertz CT molecular complexity index is 895. The summed E-state index contributed by atoms with van der Waals surface area (Å²) < 4.78 is 14.6. The maximum Gasteiger partial charge on any atom is 0.333 e. The molecule has 0 bridgehead atoms. The van der Waals surface area contributed by atoms with E-state index in [9.17, 15) is 19.6 Å². The Kier molecular flexibility index (Phi) is 3.53. The lowest BCUT2D eigenvalue weighted by Crippen LogP contribution is -2.18. The van der Waals surface area contributed by atoms with E-state index in [1.807, 2.05) is 0 Å². The highest BCUT2D eigenvalue weighted by Gasteiger charge is 2.18. The fourth-order valence-corrected chi connectivity index (χ4v) is 2.21. The van der Waals surface area contributed by atoms with Gasteiger partial charge < -0.3 is 10.0 Å². The van der Waals surface area contributed by atoms with Gasteiger partial charge in [-0.25, -0.2) is 13.9 Å². The predicted molar refractivity (Wildman–Crippen MR) is 79.8 cm³/mol. The van der Waals surface area contributed by atoms with E-state index < -0.39 is 10.7 Å². The maximum absolute atomic E-state index is 13.3. The Morgan fingerprint density at radius 3 is 2.96 bits per heavy atom. The normalized spacial score (nSPS) is 10.9. The molecule has 0 aliphatic carbocycles. The number of phenols is 1. The number of aromatic nitrogens is 3. The fourth-order valence-electron chi connectivity index (χ4n) is 2.21. The minimum absolute atomic E-state index is 0.0327. The van der Waals surface area contributed by atoms with Crippen molar-refractivity contribution in [3.8, 4) is 5.75 Å². The zero-order chi connectivity index (χ0) is 16.6. The van der Waals surface area contributed by atoms with Crippen molar-refractivity contribution in [3.05, 3.63) is 58.2 Å². The molecule has 0 atom stereocenters. The highest BCUT2D eigenvalue weighted by atomic mass is 19.1. The molecule has 0 unspecified atom stereocenters. The summed E-state index contributed by atoms with van der Waals surface area (Å²) in [7, 11) is 1.69. The van der Waals surface area contributed by atoms with Gasteiger partial charge in [-0.2, -0.15) is 5.10 Å². The minimum Gasteiger partial charge on any atom is -0.508 e. The van der Waals surface area contributed by atoms with E-state index in [0.717, 1.165) is 6.20 Å². The number of aromatic hydroxyl groups is 1. The molecule has 3 rings (SSSR count). The van der Waals surface area contributed by atoms with Crippen molar-refractivity contribution in [3.63, 3.8) is 0 Å². The molecule has 0 spiro atoms. The number of nitrogens with zero attached hydrogens (tertiary/aromatic N) is 5. The summed E-state index contributed by atoms with van der Waals surface area (Å²) in [6.07, 6.45) is 2.68. The second-order valence-electron chi connectivity index (χ2n) is 4.97. The highest BCUT2D eigenvalue weighted by Crippen LogP contribution is 2.23. The molecular weight excluding hydrogens is 305 g/mol. The lowest BCUT2D eigenvalue weighted by Gasteiger charge is -2.18. The molecule has 0 fully saturated rings. The summed E-state index contributed by atoms with van der Waals surface area (Å²) in [5.74, 6) is -0.0551. The number of rotatable bonds is 4. The summed E-state index contributed by atoms with van der Waals surface area (Å²) in [5.41, 5.74) is 0.300. The van der Waals surface area contributed by atoms with Crippen LogP contribution in [0.1, 0.15) is 5.56 Å². The van der Waals surface area contributed by atoms with Crippen molar-refractivity contribution in [2.75, 3.05) is 11.9 Å². The lowest BCUT2D eigenvalue weighted by atomic mass is 10.2. The van der Waals surface area contributed by atoms with Gasteiger partial charge in [-0.3, -0.25) is 10.1 Å². The summed E-state index contributed by atoms with van der Waals surface area (Å²) >= 11 is 0. The van der Waals surface area contributed by atoms with Crippen LogP contribution >= 0.6 is 0 Å². The van der Waals surface area contributed by atoms with Crippen molar-refractivity contribution < 1.29 is 14.4 Å². The first kappa shape index (κ1) is 14.7. The van der Waals surface area contributed by atoms with Crippen molar-refractivity contribution in [1.82, 2.24) is 14.6 Å². The van der Waals surface area contributed by atoms with Crippen molar-refractivity contribution >= 4 is 17.2 Å². The van der Waals surface area contributed by atoms with E-state index in [1.165, 1.54) is 22.7 Å². The molecule has 0 saturated carbocycles. The Balaban J connectivity index is 1.94. The summed E-state index contributed by atoms with van der Waals surface area (Å²) in [6.45, 7) is 0.189. The molecule has 118 valence electrons. The van der Waals surface area contributed by atoms with Gasteiger partial charge in [0.25, 0.3) is 0 Å². The van der Waals surface area contributed by atoms with Crippen LogP contribution in [0.2, 0.25) is 0 Å². The van der Waals surface area contributed by atoms with E-state index in [0.29, 0.717) is 11.4 Å². The second-order valence-corrected chi connectivity index (χ2v) is 4.97. The monoisotopic (exact) mass is 317 g/mol. The fraction of sp³-hybridized carbons (Fsp3) is 0.143. The Morgan fingerprint density at radius 2 is 2.22 bits per heavy atom. The third kappa shape index (κ3) is 2.76. The van der Waals surface area contributed by atoms with Crippen LogP contribution in [0.4, 0.5) is 15.9 Å². The number of anilines is 1. The van der Waals surface area contributed by atoms with E-state index in [4.69, 9.17) is 0 Å². The molecule has 3 aromatic rings. The molecule has 0 saturated heterocycles. The zero-order valence-electron chi connectivity index (χ0n) is 12.0. The van der Waals surface area contributed by atoms with Gasteiger partial charge in [0.1, 0.15) is 23.6 Å². The van der Waals surface area contributed by atoms with Crippen LogP contribution in [0, 0.1) is 15.9 Å². The molecule has 0 aliphatic heterocycles. The third-order valence-electron chi connectivity index (χ3n) is 3.37. The molecule has 2 heterocycles. The van der Waals surface area contributed by atoms with Gasteiger partial charge >= 0.3 is 5.69 Å². The van der Waals surface area contributed by atoms with Crippen LogP contribution in [0.5, 0.6) is 5.75 Å². The zero-order valence-corrected chi connectivity index (χ0v) is 12.0. The lowest BCUT2D eigenvalue weighted by molar-refractivity contribution is -0.383. The van der Waals surface area contributed by atoms with Crippen LogP contribution in [0.15, 0.2) is 36.7 Å². The Morgan fingerprint density at radius 1 is 1.43 bits per heavy atom. The molecule has 1 N–H and O–H groups in total. The average Bonchev–Trinajstić information content (AvgIpc) is 2.94. The number of hydrogen-bond acceptors (Lipinski definition) is 6. The summed E-state index contributed by atoms with van der Waals surface area (Å²) in [5, 5.41) is 24.6. The second kappa shape index (κ2) is 5.52. The number of benzene rings is 1. The molecule has 9 heteroatoms. The minimum atomic E-state index is -0.558. The van der Waals surface area contributed by atoms with Crippen molar-refractivity contribution in [1.29, 1.82) is 0 Å². The first-order valence-electron chi connectivity index (χ1n) is 6.63. The number of phenolic OH excluding ortho intramolecular Hbond substituents is 1. The molecule has 8 nitrogen and oxygen atoms in total. The van der Waals surface area contributed by atoms with Crippen molar-refractivity contribution in [2.24, 2.45) is 0 Å². The first-order valence-corrected chi connectivity index (χ1v) is 6.63. The standard InChI is InChI=1S/C14H12FN5O3/c1-18(8-9-6-10(15)2-3-12(9)21)13-4-5-19-14(17-13)11(7-16-19)20(22)23/h2-7,21H,8H2,1H3. The quantitative estimate of drug-likeness (QED) is 0.585. The molecule has 0 radical (unpaired) electrons. The molecule has 0 aliphatic rings. The predicted octanol–water partition coefficient (Wildman–Crippen LogP) is 2.12. The van der Waals surface area contributed by atoms with Gasteiger partial charge in [-0.1, -0.05) is 0 Å². The van der Waals surface area contributed by atoms with E-state index >= 15 is 0 Å². The van der Waals surface area contributed by atoms with E-state index in [2.05, 4.69) is 10.1 Å². The SMILES string of the molecule is CN(Cc1cc(F)ccc1O)c1ccn2ncc([N+](=O)[O-])c2n1. The average molecular weight is 317 g/mol. The van der Waals surface area contributed by atoms with Crippen LogP contribution < -0.4 is 4.90 Å². The van der Waals surface area contributed by atoms with Gasteiger partial charge in [-0.05, 0) is 24.3 Å². The molecule has 2 aromatic heterocycles. The van der Waals surface area contributed by atoms with Gasteiger partial charge in [-0.15, -0.1) is 0 Å². The topological polar surface area (TPSA) is 96.8 Å². The Labute approximate surface area is 129 Å². The van der Waals surface area contributed by atoms with E-state index in [1.54, 1.807) is 24.2 Å². The summed E-state index contributed by atoms with van der Waals surface area (Å²) in [4.78, 5) is 16.3. The van der Waals surface area contributed by atoms with Gasteiger partial charge in [0, 0.05) is 25.4 Å². The molecule has 23 heavy (non-hydrogen) atoms. The number of nitro groups is 1. The van der Waals surface area contributed by atoms with E-state index in [-0.39, 0.29) is 23.6 Å². The first-order chi connectivity index (χ1) is 11.0. The number of hydrogen-bond donors (Lipinski definition) is 1. The third-order valence-corrected chi connectivity index (χ3v) is 3.37.